The number of nitrogens with zero attached hydrogens (tertiary/aromatic N) is 1. The second-order valence-electron chi connectivity index (χ2n) is 5.62. The summed E-state index contributed by atoms with van der Waals surface area (Å²) >= 11 is 0. The van der Waals surface area contributed by atoms with Crippen LogP contribution in [0.3, 0.4) is 0 Å². The van der Waals surface area contributed by atoms with Gasteiger partial charge in [0, 0.05) is 13.1 Å². The Morgan fingerprint density at radius 1 is 1.53 bits per heavy atom. The normalized spacial score (nSPS) is 22.9. The molecular formula is C12H24N2O. The zero-order valence-corrected chi connectivity index (χ0v) is 10.6. The summed E-state index contributed by atoms with van der Waals surface area (Å²) in [5, 5.41) is 3.25. The lowest BCUT2D eigenvalue weighted by molar-refractivity contribution is -0.130. The van der Waals surface area contributed by atoms with Gasteiger partial charge in [0.15, 0.2) is 0 Å². The number of hydrogen-bond donors (Lipinski definition) is 1. The van der Waals surface area contributed by atoms with E-state index in [1.807, 2.05) is 20.9 Å². The molecule has 1 amide bonds. The molecule has 1 unspecified atom stereocenters. The van der Waals surface area contributed by atoms with E-state index < -0.39 is 0 Å². The van der Waals surface area contributed by atoms with Crippen LogP contribution in [0, 0.1) is 11.3 Å². The van der Waals surface area contributed by atoms with Gasteiger partial charge in [0.2, 0.25) is 5.91 Å². The van der Waals surface area contributed by atoms with E-state index in [1.54, 1.807) is 4.90 Å². The predicted octanol–water partition coefficient (Wildman–Crippen LogP) is 1.49. The molecule has 0 saturated heterocycles. The number of hydrogen-bond acceptors (Lipinski definition) is 2. The molecule has 0 aliphatic heterocycles. The van der Waals surface area contributed by atoms with Crippen molar-refractivity contribution in [2.75, 3.05) is 20.1 Å². The van der Waals surface area contributed by atoms with Crippen molar-refractivity contribution < 1.29 is 4.79 Å². The van der Waals surface area contributed by atoms with Gasteiger partial charge in [-0.1, -0.05) is 13.8 Å². The SMILES string of the molecule is CC(C)N(C)C(=O)CNCC1CC1(C)C. The molecule has 1 rings (SSSR count). The van der Waals surface area contributed by atoms with Crippen LogP contribution in [0.1, 0.15) is 34.1 Å². The fourth-order valence-electron chi connectivity index (χ4n) is 1.69. The Morgan fingerprint density at radius 2 is 2.07 bits per heavy atom. The molecule has 1 atom stereocenters. The van der Waals surface area contributed by atoms with E-state index >= 15 is 0 Å². The zero-order chi connectivity index (χ0) is 11.6. The lowest BCUT2D eigenvalue weighted by atomic mass is 10.1. The topological polar surface area (TPSA) is 32.3 Å². The van der Waals surface area contributed by atoms with Crippen molar-refractivity contribution >= 4 is 5.91 Å². The van der Waals surface area contributed by atoms with Crippen molar-refractivity contribution in [3.63, 3.8) is 0 Å². The summed E-state index contributed by atoms with van der Waals surface area (Å²) < 4.78 is 0. The van der Waals surface area contributed by atoms with E-state index in [1.165, 1.54) is 6.42 Å². The first kappa shape index (κ1) is 12.5. The van der Waals surface area contributed by atoms with Crippen LogP contribution in [-0.4, -0.2) is 37.0 Å². The van der Waals surface area contributed by atoms with Gasteiger partial charge in [-0.3, -0.25) is 4.79 Å². The summed E-state index contributed by atoms with van der Waals surface area (Å²) in [6.45, 7) is 10.1. The van der Waals surface area contributed by atoms with E-state index in [0.717, 1.165) is 12.5 Å². The number of rotatable bonds is 5. The Kier molecular flexibility index (Phi) is 3.77. The maximum atomic E-state index is 11.6. The lowest BCUT2D eigenvalue weighted by Gasteiger charge is -2.21. The molecule has 1 N–H and O–H groups in total. The summed E-state index contributed by atoms with van der Waals surface area (Å²) in [5.74, 6) is 0.943. The van der Waals surface area contributed by atoms with E-state index in [0.29, 0.717) is 12.0 Å². The first-order chi connectivity index (χ1) is 6.84. The van der Waals surface area contributed by atoms with Gasteiger partial charge in [0.25, 0.3) is 0 Å². The Labute approximate surface area is 93.2 Å². The standard InChI is InChI=1S/C12H24N2O/c1-9(2)14(5)11(15)8-13-7-10-6-12(10,3)4/h9-10,13H,6-8H2,1-5H3. The van der Waals surface area contributed by atoms with Crippen LogP contribution < -0.4 is 5.32 Å². The minimum atomic E-state index is 0.184. The third-order valence-corrected chi connectivity index (χ3v) is 3.55. The molecule has 0 radical (unpaired) electrons. The molecular weight excluding hydrogens is 188 g/mol. The van der Waals surface area contributed by atoms with Crippen molar-refractivity contribution in [2.45, 2.75) is 40.2 Å². The van der Waals surface area contributed by atoms with Crippen LogP contribution in [0.25, 0.3) is 0 Å². The molecule has 1 aliphatic carbocycles. The average Bonchev–Trinajstić information content (AvgIpc) is 2.72. The molecule has 1 fully saturated rings. The highest BCUT2D eigenvalue weighted by Gasteiger charge is 2.44. The molecule has 88 valence electrons. The van der Waals surface area contributed by atoms with Crippen LogP contribution in [0.15, 0.2) is 0 Å². The zero-order valence-electron chi connectivity index (χ0n) is 10.6. The summed E-state index contributed by atoms with van der Waals surface area (Å²) in [5.41, 5.74) is 0.500. The molecule has 3 heteroatoms. The van der Waals surface area contributed by atoms with Crippen molar-refractivity contribution in [1.82, 2.24) is 10.2 Å². The van der Waals surface area contributed by atoms with Crippen LogP contribution in [-0.2, 0) is 4.79 Å². The number of amides is 1. The van der Waals surface area contributed by atoms with Gasteiger partial charge in [0.1, 0.15) is 0 Å². The van der Waals surface area contributed by atoms with Crippen molar-refractivity contribution in [3.05, 3.63) is 0 Å². The molecule has 3 nitrogen and oxygen atoms in total. The highest BCUT2D eigenvalue weighted by molar-refractivity contribution is 5.78. The van der Waals surface area contributed by atoms with Gasteiger partial charge in [-0.05, 0) is 38.1 Å². The maximum absolute atomic E-state index is 11.6. The Balaban J connectivity index is 2.13. The highest BCUT2D eigenvalue weighted by Crippen LogP contribution is 2.50. The molecule has 0 heterocycles. The maximum Gasteiger partial charge on any atom is 0.236 e. The number of likely N-dealkylation sites (N-methyl/N-ethyl adjacent to an activating group) is 1. The first-order valence-corrected chi connectivity index (χ1v) is 5.81. The third kappa shape index (κ3) is 3.49. The van der Waals surface area contributed by atoms with Gasteiger partial charge in [-0.25, -0.2) is 0 Å². The van der Waals surface area contributed by atoms with E-state index in [4.69, 9.17) is 0 Å². The first-order valence-electron chi connectivity index (χ1n) is 5.81. The summed E-state index contributed by atoms with van der Waals surface area (Å²) in [4.78, 5) is 13.4. The van der Waals surface area contributed by atoms with Crippen molar-refractivity contribution in [1.29, 1.82) is 0 Å². The van der Waals surface area contributed by atoms with Crippen LogP contribution in [0.2, 0.25) is 0 Å². The van der Waals surface area contributed by atoms with E-state index in [2.05, 4.69) is 19.2 Å². The molecule has 0 bridgehead atoms. The van der Waals surface area contributed by atoms with Crippen molar-refractivity contribution in [2.24, 2.45) is 11.3 Å². The Hall–Kier alpha value is -0.570. The predicted molar refractivity (Wildman–Crippen MR) is 62.7 cm³/mol. The molecule has 0 spiro atoms. The molecule has 1 aliphatic rings. The van der Waals surface area contributed by atoms with Gasteiger partial charge in [0.05, 0.1) is 6.54 Å². The van der Waals surface area contributed by atoms with Gasteiger partial charge < -0.3 is 10.2 Å². The smallest absolute Gasteiger partial charge is 0.236 e. The Bertz CT molecular complexity index is 236. The molecule has 0 aromatic rings. The summed E-state index contributed by atoms with van der Waals surface area (Å²) in [6.07, 6.45) is 1.29. The number of carbonyl (C=O) groups is 1. The monoisotopic (exact) mass is 212 g/mol. The summed E-state index contributed by atoms with van der Waals surface area (Å²) in [7, 11) is 1.86. The average molecular weight is 212 g/mol. The third-order valence-electron chi connectivity index (χ3n) is 3.55. The minimum Gasteiger partial charge on any atom is -0.342 e. The molecule has 1 saturated carbocycles. The highest BCUT2D eigenvalue weighted by atomic mass is 16.2. The summed E-state index contributed by atoms with van der Waals surface area (Å²) in [6, 6.07) is 0.289. The number of nitrogens with one attached hydrogen (secondary N) is 1. The van der Waals surface area contributed by atoms with Gasteiger partial charge in [-0.15, -0.1) is 0 Å². The van der Waals surface area contributed by atoms with Crippen LogP contribution in [0.5, 0.6) is 0 Å². The largest absolute Gasteiger partial charge is 0.342 e. The van der Waals surface area contributed by atoms with Crippen LogP contribution in [0.4, 0.5) is 0 Å². The van der Waals surface area contributed by atoms with E-state index in [-0.39, 0.29) is 11.9 Å². The molecule has 0 aromatic carbocycles. The van der Waals surface area contributed by atoms with E-state index in [9.17, 15) is 4.79 Å². The molecule has 0 aromatic heterocycles. The Morgan fingerprint density at radius 3 is 2.47 bits per heavy atom. The minimum absolute atomic E-state index is 0.184. The lowest BCUT2D eigenvalue weighted by Crippen LogP contribution is -2.40. The van der Waals surface area contributed by atoms with Gasteiger partial charge in [-0.2, -0.15) is 0 Å². The van der Waals surface area contributed by atoms with Gasteiger partial charge >= 0.3 is 0 Å². The van der Waals surface area contributed by atoms with Crippen LogP contribution >= 0.6 is 0 Å². The van der Waals surface area contributed by atoms with Crippen molar-refractivity contribution in [3.8, 4) is 0 Å². The second-order valence-corrected chi connectivity index (χ2v) is 5.62. The number of carbonyl (C=O) groups excluding carboxylic acids is 1. The second kappa shape index (κ2) is 4.52. The molecule has 15 heavy (non-hydrogen) atoms. The fourth-order valence-corrected chi connectivity index (χ4v) is 1.69. The quantitative estimate of drug-likeness (QED) is 0.749. The fraction of sp³-hybridized carbons (Fsp3) is 0.917.